The minimum Gasteiger partial charge on any atom is -0.282 e. The standard InChI is InChI=1S/C25H37N/c1-10-13-14-15-21-23(6,7)22-19(5)16-18(4)17-20(22)24(8,11-2)25(9,12-3)26-21/h10,13-17H,11-12H2,1-9H3/b13-10-,15-14-. The first-order valence-electron chi connectivity index (χ1n) is 10.1. The fourth-order valence-electron chi connectivity index (χ4n) is 4.72. The Morgan fingerprint density at radius 2 is 1.62 bits per heavy atom. The van der Waals surface area contributed by atoms with E-state index in [1.807, 2.05) is 0 Å². The van der Waals surface area contributed by atoms with Gasteiger partial charge in [-0.05, 0) is 63.3 Å². The number of fused-ring (bicyclic) bond motifs is 1. The lowest BCUT2D eigenvalue weighted by Gasteiger charge is -2.44. The van der Waals surface area contributed by atoms with E-state index < -0.39 is 0 Å². The molecular weight excluding hydrogens is 314 g/mol. The summed E-state index contributed by atoms with van der Waals surface area (Å²) in [7, 11) is 0. The van der Waals surface area contributed by atoms with Crippen molar-refractivity contribution in [2.24, 2.45) is 4.99 Å². The Labute approximate surface area is 161 Å². The predicted molar refractivity (Wildman–Crippen MR) is 117 cm³/mol. The van der Waals surface area contributed by atoms with Crippen LogP contribution in [-0.2, 0) is 10.8 Å². The summed E-state index contributed by atoms with van der Waals surface area (Å²) in [4.78, 5) is 5.46. The topological polar surface area (TPSA) is 12.4 Å². The monoisotopic (exact) mass is 351 g/mol. The van der Waals surface area contributed by atoms with Gasteiger partial charge >= 0.3 is 0 Å². The van der Waals surface area contributed by atoms with Crippen molar-refractivity contribution < 1.29 is 0 Å². The van der Waals surface area contributed by atoms with Gasteiger partial charge in [-0.15, -0.1) is 0 Å². The van der Waals surface area contributed by atoms with Gasteiger partial charge in [-0.25, -0.2) is 0 Å². The average Bonchev–Trinajstić information content (AvgIpc) is 2.63. The van der Waals surface area contributed by atoms with Gasteiger partial charge in [0.2, 0.25) is 0 Å². The summed E-state index contributed by atoms with van der Waals surface area (Å²) in [5.74, 6) is 0. The van der Waals surface area contributed by atoms with E-state index in [0.717, 1.165) is 12.8 Å². The van der Waals surface area contributed by atoms with Gasteiger partial charge in [0.1, 0.15) is 0 Å². The number of hydrogen-bond donors (Lipinski definition) is 0. The molecule has 1 aliphatic rings. The predicted octanol–water partition coefficient (Wildman–Crippen LogP) is 7.00. The fraction of sp³-hybridized carbons (Fsp3) is 0.560. The number of hydrogen-bond acceptors (Lipinski definition) is 1. The Morgan fingerprint density at radius 1 is 0.962 bits per heavy atom. The number of rotatable bonds is 4. The average molecular weight is 352 g/mol. The summed E-state index contributed by atoms with van der Waals surface area (Å²) in [5, 5.41) is 0. The van der Waals surface area contributed by atoms with Crippen molar-refractivity contribution in [3.05, 3.63) is 58.7 Å². The second-order valence-electron chi connectivity index (χ2n) is 8.82. The quantitative estimate of drug-likeness (QED) is 0.518. The zero-order valence-corrected chi connectivity index (χ0v) is 18.3. The Hall–Kier alpha value is -1.63. The van der Waals surface area contributed by atoms with Crippen LogP contribution in [0.15, 0.2) is 41.4 Å². The van der Waals surface area contributed by atoms with Crippen LogP contribution in [0.25, 0.3) is 0 Å². The number of aliphatic imine (C=N–C) groups is 1. The van der Waals surface area contributed by atoms with Crippen molar-refractivity contribution in [1.82, 2.24) is 0 Å². The van der Waals surface area contributed by atoms with Crippen LogP contribution in [0.3, 0.4) is 0 Å². The van der Waals surface area contributed by atoms with Crippen LogP contribution in [0, 0.1) is 13.8 Å². The van der Waals surface area contributed by atoms with Crippen molar-refractivity contribution in [3.63, 3.8) is 0 Å². The highest BCUT2D eigenvalue weighted by molar-refractivity contribution is 6.04. The Balaban J connectivity index is 2.95. The molecule has 1 aromatic rings. The van der Waals surface area contributed by atoms with Crippen LogP contribution >= 0.6 is 0 Å². The summed E-state index contributed by atoms with van der Waals surface area (Å²) in [6.45, 7) is 20.6. The molecule has 0 aliphatic carbocycles. The Bertz CT molecular complexity index is 763. The highest BCUT2D eigenvalue weighted by Gasteiger charge is 2.49. The maximum atomic E-state index is 5.46. The molecule has 0 saturated carbocycles. The summed E-state index contributed by atoms with van der Waals surface area (Å²) in [6, 6.07) is 4.76. The Morgan fingerprint density at radius 3 is 2.15 bits per heavy atom. The van der Waals surface area contributed by atoms with Gasteiger partial charge < -0.3 is 0 Å². The lowest BCUT2D eigenvalue weighted by molar-refractivity contribution is 0.243. The van der Waals surface area contributed by atoms with Gasteiger partial charge in [0, 0.05) is 16.5 Å². The molecule has 1 aromatic carbocycles. The summed E-state index contributed by atoms with van der Waals surface area (Å²) < 4.78 is 0. The second-order valence-corrected chi connectivity index (χ2v) is 8.82. The van der Waals surface area contributed by atoms with Crippen LogP contribution < -0.4 is 0 Å². The third kappa shape index (κ3) is 3.10. The molecule has 1 nitrogen and oxygen atoms in total. The van der Waals surface area contributed by atoms with Gasteiger partial charge in [0.25, 0.3) is 0 Å². The number of nitrogens with zero attached hydrogens (tertiary/aromatic N) is 1. The highest BCUT2D eigenvalue weighted by atomic mass is 14.9. The SMILES string of the molecule is C/C=C\C=C/C1=NC(C)(CC)C(C)(CC)c2cc(C)cc(C)c2C1(C)C. The molecule has 1 aliphatic heterocycles. The van der Waals surface area contributed by atoms with Crippen molar-refractivity contribution in [3.8, 4) is 0 Å². The van der Waals surface area contributed by atoms with Crippen molar-refractivity contribution in [2.45, 2.75) is 91.5 Å². The fourth-order valence-corrected chi connectivity index (χ4v) is 4.72. The molecule has 142 valence electrons. The molecule has 0 amide bonds. The third-order valence-corrected chi connectivity index (χ3v) is 6.85. The van der Waals surface area contributed by atoms with Crippen molar-refractivity contribution in [2.75, 3.05) is 0 Å². The zero-order valence-electron chi connectivity index (χ0n) is 18.3. The van der Waals surface area contributed by atoms with Crippen molar-refractivity contribution >= 4 is 5.71 Å². The smallest absolute Gasteiger partial charge is 0.0674 e. The minimum atomic E-state index is -0.125. The van der Waals surface area contributed by atoms with E-state index in [-0.39, 0.29) is 16.4 Å². The lowest BCUT2D eigenvalue weighted by Crippen LogP contribution is -2.45. The van der Waals surface area contributed by atoms with Gasteiger partial charge in [0.15, 0.2) is 0 Å². The summed E-state index contributed by atoms with van der Waals surface area (Å²) in [5.41, 5.74) is 6.65. The normalized spacial score (nSPS) is 28.3. The van der Waals surface area contributed by atoms with E-state index in [1.54, 1.807) is 0 Å². The molecule has 0 spiro atoms. The molecule has 1 heteroatoms. The van der Waals surface area contributed by atoms with E-state index in [2.05, 4.69) is 98.8 Å². The number of aryl methyl sites for hydroxylation is 2. The first-order valence-corrected chi connectivity index (χ1v) is 10.1. The van der Waals surface area contributed by atoms with E-state index in [4.69, 9.17) is 4.99 Å². The lowest BCUT2D eigenvalue weighted by atomic mass is 9.62. The molecule has 2 atom stereocenters. The Kier molecular flexibility index (Phi) is 5.71. The molecule has 0 fully saturated rings. The highest BCUT2D eigenvalue weighted by Crippen LogP contribution is 2.51. The molecule has 2 rings (SSSR count). The van der Waals surface area contributed by atoms with Gasteiger partial charge in [0.05, 0.1) is 5.54 Å². The van der Waals surface area contributed by atoms with E-state index in [1.165, 1.54) is 28.0 Å². The van der Waals surface area contributed by atoms with Crippen LogP contribution in [-0.4, -0.2) is 11.3 Å². The van der Waals surface area contributed by atoms with Gasteiger partial charge in [-0.1, -0.05) is 70.5 Å². The molecule has 0 saturated heterocycles. The first kappa shape index (κ1) is 20.7. The maximum absolute atomic E-state index is 5.46. The molecular formula is C25H37N. The maximum Gasteiger partial charge on any atom is 0.0674 e. The second kappa shape index (κ2) is 7.18. The van der Waals surface area contributed by atoms with Gasteiger partial charge in [-0.3, -0.25) is 4.99 Å². The van der Waals surface area contributed by atoms with E-state index in [9.17, 15) is 0 Å². The number of allylic oxidation sites excluding steroid dienone is 4. The molecule has 26 heavy (non-hydrogen) atoms. The molecule has 0 radical (unpaired) electrons. The molecule has 0 bridgehead atoms. The van der Waals surface area contributed by atoms with Crippen LogP contribution in [0.5, 0.6) is 0 Å². The number of benzene rings is 1. The van der Waals surface area contributed by atoms with Crippen LogP contribution in [0.4, 0.5) is 0 Å². The molecule has 1 heterocycles. The van der Waals surface area contributed by atoms with E-state index in [0.29, 0.717) is 0 Å². The van der Waals surface area contributed by atoms with Crippen molar-refractivity contribution in [1.29, 1.82) is 0 Å². The largest absolute Gasteiger partial charge is 0.282 e. The first-order chi connectivity index (χ1) is 12.1. The summed E-state index contributed by atoms with van der Waals surface area (Å²) in [6.07, 6.45) is 10.6. The molecule has 2 unspecified atom stereocenters. The van der Waals surface area contributed by atoms with Gasteiger partial charge in [-0.2, -0.15) is 0 Å². The zero-order chi connectivity index (χ0) is 19.8. The molecule has 0 N–H and O–H groups in total. The third-order valence-electron chi connectivity index (χ3n) is 6.85. The van der Waals surface area contributed by atoms with Crippen LogP contribution in [0.2, 0.25) is 0 Å². The minimum absolute atomic E-state index is 0.0152. The summed E-state index contributed by atoms with van der Waals surface area (Å²) >= 11 is 0. The van der Waals surface area contributed by atoms with E-state index >= 15 is 0 Å². The van der Waals surface area contributed by atoms with Crippen LogP contribution in [0.1, 0.15) is 83.6 Å². The molecule has 0 aromatic heterocycles.